The molecule has 0 saturated carbocycles. The average molecular weight is 252 g/mol. The van der Waals surface area contributed by atoms with Crippen molar-refractivity contribution in [3.8, 4) is 0 Å². The summed E-state index contributed by atoms with van der Waals surface area (Å²) in [5.74, 6) is 0.647. The highest BCUT2D eigenvalue weighted by atomic mass is 14.0. The Labute approximate surface area is 117 Å². The first-order valence-electron chi connectivity index (χ1n) is 8.39. The molecule has 0 heteroatoms. The van der Waals surface area contributed by atoms with Gasteiger partial charge in [-0.1, -0.05) is 111 Å². The van der Waals surface area contributed by atoms with Crippen molar-refractivity contribution < 1.29 is 0 Å². The van der Waals surface area contributed by atoms with Crippen molar-refractivity contribution >= 4 is 0 Å². The lowest BCUT2D eigenvalue weighted by Crippen LogP contribution is -1.87. The lowest BCUT2D eigenvalue weighted by molar-refractivity contribution is 0.520. The smallest absolute Gasteiger partial charge is 0.0443 e. The quantitative estimate of drug-likeness (QED) is 0.300. The molecule has 1 atom stereocenters. The second-order valence-corrected chi connectivity index (χ2v) is 5.99. The second-order valence-electron chi connectivity index (χ2n) is 5.99. The molecule has 0 amide bonds. The fraction of sp³-hybridized carbons (Fsp3) is 0.889. The predicted molar refractivity (Wildman–Crippen MR) is 84.5 cm³/mol. The van der Waals surface area contributed by atoms with Crippen LogP contribution in [0.2, 0.25) is 0 Å². The number of hydrogen-bond acceptors (Lipinski definition) is 0. The topological polar surface area (TPSA) is 0 Å². The van der Waals surface area contributed by atoms with E-state index in [2.05, 4.69) is 20.8 Å². The zero-order valence-corrected chi connectivity index (χ0v) is 12.9. The molecule has 0 nitrogen and oxygen atoms in total. The zero-order valence-electron chi connectivity index (χ0n) is 12.9. The van der Waals surface area contributed by atoms with Gasteiger partial charge in [0.15, 0.2) is 0 Å². The van der Waals surface area contributed by atoms with Crippen LogP contribution in [0.3, 0.4) is 0 Å². The number of rotatable bonds is 14. The minimum absolute atomic E-state index is 0.647. The van der Waals surface area contributed by atoms with Crippen molar-refractivity contribution in [2.75, 3.05) is 0 Å². The van der Waals surface area contributed by atoms with Crippen LogP contribution < -0.4 is 0 Å². The summed E-state index contributed by atoms with van der Waals surface area (Å²) in [6.45, 7) is 10.1. The van der Waals surface area contributed by atoms with E-state index < -0.39 is 0 Å². The molecule has 0 bridgehead atoms. The number of unbranched alkanes of at least 4 members (excludes halogenated alkanes) is 12. The van der Waals surface area contributed by atoms with Gasteiger partial charge in [-0.05, 0) is 5.92 Å². The van der Waals surface area contributed by atoms with Crippen LogP contribution in [0.4, 0.5) is 0 Å². The normalized spacial score (nSPS) is 11.3. The van der Waals surface area contributed by atoms with Crippen LogP contribution in [-0.2, 0) is 0 Å². The molecule has 2 radical (unpaired) electrons. The van der Waals surface area contributed by atoms with Gasteiger partial charge in [0.25, 0.3) is 0 Å². The molecule has 108 valence electrons. The van der Waals surface area contributed by atoms with E-state index in [1.165, 1.54) is 83.5 Å². The third-order valence-electron chi connectivity index (χ3n) is 3.70. The van der Waals surface area contributed by atoms with Crippen LogP contribution in [0.25, 0.3) is 0 Å². The van der Waals surface area contributed by atoms with Crippen molar-refractivity contribution in [3.05, 3.63) is 13.8 Å². The maximum Gasteiger partial charge on any atom is -0.0443 e. The van der Waals surface area contributed by atoms with Crippen molar-refractivity contribution in [1.82, 2.24) is 0 Å². The molecule has 0 rings (SSSR count). The largest absolute Gasteiger partial charge is 0.0625 e. The third-order valence-corrected chi connectivity index (χ3v) is 3.70. The van der Waals surface area contributed by atoms with Gasteiger partial charge in [0.2, 0.25) is 0 Å². The molecule has 0 saturated heterocycles. The van der Waals surface area contributed by atoms with Gasteiger partial charge in [-0.15, -0.1) is 0 Å². The molecule has 0 fully saturated rings. The molecule has 0 aliphatic heterocycles. The van der Waals surface area contributed by atoms with Crippen molar-refractivity contribution in [2.45, 2.75) is 96.8 Å². The van der Waals surface area contributed by atoms with Crippen molar-refractivity contribution in [1.29, 1.82) is 0 Å². The Bertz CT molecular complexity index is 137. The van der Waals surface area contributed by atoms with E-state index >= 15 is 0 Å². The Morgan fingerprint density at radius 3 is 1.28 bits per heavy atom. The molecule has 0 aliphatic rings. The fourth-order valence-electron chi connectivity index (χ4n) is 2.44. The summed E-state index contributed by atoms with van der Waals surface area (Å²) in [5.41, 5.74) is 0. The molecule has 1 unspecified atom stereocenters. The van der Waals surface area contributed by atoms with Crippen LogP contribution in [0.5, 0.6) is 0 Å². The van der Waals surface area contributed by atoms with Gasteiger partial charge < -0.3 is 0 Å². The van der Waals surface area contributed by atoms with Gasteiger partial charge in [0, 0.05) is 0 Å². The predicted octanol–water partition coefficient (Wildman–Crippen LogP) is 6.75. The van der Waals surface area contributed by atoms with Gasteiger partial charge >= 0.3 is 0 Å². The molecule has 18 heavy (non-hydrogen) atoms. The molecule has 0 aromatic carbocycles. The Balaban J connectivity index is 2.90. The van der Waals surface area contributed by atoms with E-state index in [-0.39, 0.29) is 0 Å². The van der Waals surface area contributed by atoms with Gasteiger partial charge in [-0.25, -0.2) is 0 Å². The second kappa shape index (κ2) is 15.1. The van der Waals surface area contributed by atoms with Gasteiger partial charge in [-0.2, -0.15) is 0 Å². The van der Waals surface area contributed by atoms with Gasteiger partial charge in [-0.3, -0.25) is 0 Å². The number of hydrogen-bond donors (Lipinski definition) is 0. The Kier molecular flexibility index (Phi) is 15.1. The van der Waals surface area contributed by atoms with E-state index in [0.29, 0.717) is 5.92 Å². The summed E-state index contributed by atoms with van der Waals surface area (Å²) in [6.07, 6.45) is 19.6. The van der Waals surface area contributed by atoms with Gasteiger partial charge in [0.1, 0.15) is 0 Å². The maximum absolute atomic E-state index is 4.03. The minimum atomic E-state index is 0.647. The van der Waals surface area contributed by atoms with Gasteiger partial charge in [0.05, 0.1) is 0 Å². The first kappa shape index (κ1) is 18.0. The van der Waals surface area contributed by atoms with E-state index in [0.717, 1.165) is 6.42 Å². The first-order chi connectivity index (χ1) is 8.77. The van der Waals surface area contributed by atoms with Crippen LogP contribution in [0, 0.1) is 19.8 Å². The summed E-state index contributed by atoms with van der Waals surface area (Å²) >= 11 is 0. The Hall–Kier alpha value is 0. The molecule has 0 N–H and O–H groups in total. The van der Waals surface area contributed by atoms with E-state index in [9.17, 15) is 0 Å². The van der Waals surface area contributed by atoms with E-state index in [1.807, 2.05) is 0 Å². The summed E-state index contributed by atoms with van der Waals surface area (Å²) in [7, 11) is 0. The molecular weight excluding hydrogens is 216 g/mol. The van der Waals surface area contributed by atoms with Crippen molar-refractivity contribution in [3.63, 3.8) is 0 Å². The summed E-state index contributed by atoms with van der Waals surface area (Å²) in [6, 6.07) is 0. The average Bonchev–Trinajstić information content (AvgIpc) is 2.34. The Morgan fingerprint density at radius 2 is 0.944 bits per heavy atom. The lowest BCUT2D eigenvalue weighted by Gasteiger charge is -2.04. The summed E-state index contributed by atoms with van der Waals surface area (Å²) in [5, 5.41) is 0. The standard InChI is InChI=1S/C18H36/c1-4-5-6-7-8-9-10-11-12-13-14-15-16-17-18(2)3/h18H,1-2,4-17H2,3H3. The van der Waals surface area contributed by atoms with Crippen molar-refractivity contribution in [2.24, 2.45) is 5.92 Å². The van der Waals surface area contributed by atoms with Crippen LogP contribution in [0.1, 0.15) is 96.8 Å². The van der Waals surface area contributed by atoms with Crippen LogP contribution in [-0.4, -0.2) is 0 Å². The lowest BCUT2D eigenvalue weighted by atomic mass is 10.0. The highest BCUT2D eigenvalue weighted by molar-refractivity contribution is 4.54. The fourth-order valence-corrected chi connectivity index (χ4v) is 2.44. The third kappa shape index (κ3) is 16.0. The molecule has 0 aromatic heterocycles. The Morgan fingerprint density at radius 1 is 0.611 bits per heavy atom. The molecular formula is C18H36. The highest BCUT2D eigenvalue weighted by Gasteiger charge is 1.95. The molecule has 0 spiro atoms. The zero-order chi connectivity index (χ0) is 13.5. The monoisotopic (exact) mass is 252 g/mol. The van der Waals surface area contributed by atoms with E-state index in [1.54, 1.807) is 0 Å². The summed E-state index contributed by atoms with van der Waals surface area (Å²) < 4.78 is 0. The van der Waals surface area contributed by atoms with E-state index in [4.69, 9.17) is 0 Å². The highest BCUT2D eigenvalue weighted by Crippen LogP contribution is 2.14. The molecule has 0 heterocycles. The SMILES string of the molecule is [CH2]CCCCCCCCCCCCCCC([CH2])C. The van der Waals surface area contributed by atoms with Crippen LogP contribution >= 0.6 is 0 Å². The van der Waals surface area contributed by atoms with Crippen LogP contribution in [0.15, 0.2) is 0 Å². The summed E-state index contributed by atoms with van der Waals surface area (Å²) in [4.78, 5) is 0. The maximum atomic E-state index is 4.03. The molecule has 0 aliphatic carbocycles. The molecule has 0 aromatic rings. The minimum Gasteiger partial charge on any atom is -0.0625 e. The first-order valence-corrected chi connectivity index (χ1v) is 8.39.